The second-order valence-electron chi connectivity index (χ2n) is 5.17. The van der Waals surface area contributed by atoms with Gasteiger partial charge in [0.15, 0.2) is 0 Å². The zero-order valence-corrected chi connectivity index (χ0v) is 11.1. The second-order valence-corrected chi connectivity index (χ2v) is 5.17. The van der Waals surface area contributed by atoms with Crippen LogP contribution in [0.3, 0.4) is 0 Å². The van der Waals surface area contributed by atoms with Crippen molar-refractivity contribution in [2.75, 3.05) is 6.54 Å². The summed E-state index contributed by atoms with van der Waals surface area (Å²) in [5.74, 6) is 0. The molecule has 0 bridgehead atoms. The zero-order chi connectivity index (χ0) is 12.0. The first-order chi connectivity index (χ1) is 7.59. The lowest BCUT2D eigenvalue weighted by Gasteiger charge is -2.23. The van der Waals surface area contributed by atoms with E-state index in [4.69, 9.17) is 0 Å². The minimum atomic E-state index is 0.385. The summed E-state index contributed by atoms with van der Waals surface area (Å²) < 4.78 is 2.09. The fourth-order valence-corrected chi connectivity index (χ4v) is 1.58. The van der Waals surface area contributed by atoms with E-state index >= 15 is 0 Å². The third kappa shape index (κ3) is 3.97. The molecule has 0 aliphatic rings. The van der Waals surface area contributed by atoms with Gasteiger partial charge < -0.3 is 5.32 Å². The number of hydrogen-bond acceptors (Lipinski definition) is 2. The van der Waals surface area contributed by atoms with Crippen molar-refractivity contribution in [3.63, 3.8) is 0 Å². The molecule has 0 unspecified atom stereocenters. The van der Waals surface area contributed by atoms with Gasteiger partial charge in [-0.15, -0.1) is 0 Å². The molecule has 0 saturated heterocycles. The van der Waals surface area contributed by atoms with Gasteiger partial charge in [0.2, 0.25) is 0 Å². The Hall–Kier alpha value is -0.830. The highest BCUT2D eigenvalue weighted by atomic mass is 15.3. The maximum atomic E-state index is 4.32. The summed E-state index contributed by atoms with van der Waals surface area (Å²) in [4.78, 5) is 0. The van der Waals surface area contributed by atoms with Crippen LogP contribution in [0.4, 0.5) is 0 Å². The Balaban J connectivity index is 2.39. The third-order valence-electron chi connectivity index (χ3n) is 3.11. The summed E-state index contributed by atoms with van der Waals surface area (Å²) in [5, 5.41) is 7.83. The first-order valence-electron chi connectivity index (χ1n) is 6.30. The predicted molar refractivity (Wildman–Crippen MR) is 68.3 cm³/mol. The Labute approximate surface area is 99.2 Å². The van der Waals surface area contributed by atoms with Crippen molar-refractivity contribution in [3.8, 4) is 0 Å². The van der Waals surface area contributed by atoms with E-state index in [9.17, 15) is 0 Å². The lowest BCUT2D eigenvalue weighted by Crippen LogP contribution is -2.29. The van der Waals surface area contributed by atoms with Gasteiger partial charge in [0.05, 0.1) is 5.69 Å². The number of nitrogens with zero attached hydrogens (tertiary/aromatic N) is 2. The molecule has 1 heterocycles. The molecular weight excluding hydrogens is 198 g/mol. The van der Waals surface area contributed by atoms with Crippen molar-refractivity contribution in [1.82, 2.24) is 15.1 Å². The fraction of sp³-hybridized carbons (Fsp3) is 0.769. The van der Waals surface area contributed by atoms with Crippen LogP contribution in [0.25, 0.3) is 0 Å². The Bertz CT molecular complexity index is 302. The van der Waals surface area contributed by atoms with Crippen molar-refractivity contribution >= 4 is 0 Å². The van der Waals surface area contributed by atoms with Gasteiger partial charge >= 0.3 is 0 Å². The summed E-state index contributed by atoms with van der Waals surface area (Å²) in [6, 6.07) is 2.10. The van der Waals surface area contributed by atoms with E-state index < -0.39 is 0 Å². The molecule has 0 saturated carbocycles. The second kappa shape index (κ2) is 6.04. The first-order valence-corrected chi connectivity index (χ1v) is 6.30. The maximum absolute atomic E-state index is 4.32. The van der Waals surface area contributed by atoms with Crippen LogP contribution in [-0.4, -0.2) is 16.3 Å². The summed E-state index contributed by atoms with van der Waals surface area (Å²) in [6.07, 6.45) is 4.22. The van der Waals surface area contributed by atoms with Crippen LogP contribution in [0.15, 0.2) is 12.3 Å². The van der Waals surface area contributed by atoms with E-state index in [1.807, 2.05) is 6.20 Å². The lowest BCUT2D eigenvalue weighted by atomic mass is 9.90. The molecule has 0 amide bonds. The highest BCUT2D eigenvalue weighted by Crippen LogP contribution is 2.17. The fourth-order valence-electron chi connectivity index (χ4n) is 1.58. The molecule has 1 rings (SSSR count). The van der Waals surface area contributed by atoms with Crippen LogP contribution in [0.2, 0.25) is 0 Å². The van der Waals surface area contributed by atoms with Gasteiger partial charge in [-0.2, -0.15) is 5.10 Å². The van der Waals surface area contributed by atoms with Crippen LogP contribution in [0, 0.1) is 5.41 Å². The van der Waals surface area contributed by atoms with Crippen molar-refractivity contribution in [3.05, 3.63) is 18.0 Å². The van der Waals surface area contributed by atoms with E-state index in [-0.39, 0.29) is 0 Å². The molecule has 16 heavy (non-hydrogen) atoms. The number of rotatable bonds is 7. The molecule has 0 radical (unpaired) electrons. The summed E-state index contributed by atoms with van der Waals surface area (Å²) in [5.41, 5.74) is 1.67. The molecule has 0 fully saturated rings. The standard InChI is InChI=1S/C13H25N3/c1-5-9-16-12(7-8-15-16)10-14-11-13(3,4)6-2/h7-8,14H,5-6,9-11H2,1-4H3. The van der Waals surface area contributed by atoms with E-state index in [0.29, 0.717) is 5.41 Å². The first kappa shape index (κ1) is 13.2. The van der Waals surface area contributed by atoms with Crippen molar-refractivity contribution in [2.24, 2.45) is 5.41 Å². The van der Waals surface area contributed by atoms with Crippen LogP contribution >= 0.6 is 0 Å². The SMILES string of the molecule is CCCn1nccc1CNCC(C)(C)CC. The van der Waals surface area contributed by atoms with Crippen LogP contribution in [0.1, 0.15) is 46.2 Å². The van der Waals surface area contributed by atoms with Gasteiger partial charge in [-0.05, 0) is 24.3 Å². The molecule has 0 aliphatic heterocycles. The molecular formula is C13H25N3. The van der Waals surface area contributed by atoms with Crippen molar-refractivity contribution in [2.45, 2.75) is 53.6 Å². The molecule has 92 valence electrons. The smallest absolute Gasteiger partial charge is 0.0522 e. The largest absolute Gasteiger partial charge is 0.311 e. The number of aromatic nitrogens is 2. The average molecular weight is 223 g/mol. The Morgan fingerprint density at radius 3 is 2.75 bits per heavy atom. The topological polar surface area (TPSA) is 29.9 Å². The van der Waals surface area contributed by atoms with Crippen LogP contribution in [0.5, 0.6) is 0 Å². The van der Waals surface area contributed by atoms with Crippen molar-refractivity contribution in [1.29, 1.82) is 0 Å². The Kier molecular flexibility index (Phi) is 5.00. The summed E-state index contributed by atoms with van der Waals surface area (Å²) >= 11 is 0. The van der Waals surface area contributed by atoms with Gasteiger partial charge in [-0.1, -0.05) is 27.7 Å². The minimum Gasteiger partial charge on any atom is -0.311 e. The van der Waals surface area contributed by atoms with Crippen molar-refractivity contribution < 1.29 is 0 Å². The molecule has 0 spiro atoms. The maximum Gasteiger partial charge on any atom is 0.0522 e. The van der Waals surface area contributed by atoms with Gasteiger partial charge in [0.1, 0.15) is 0 Å². The van der Waals surface area contributed by atoms with E-state index in [1.165, 1.54) is 12.1 Å². The molecule has 3 nitrogen and oxygen atoms in total. The monoisotopic (exact) mass is 223 g/mol. The Morgan fingerprint density at radius 2 is 2.12 bits per heavy atom. The molecule has 3 heteroatoms. The van der Waals surface area contributed by atoms with Gasteiger partial charge in [-0.25, -0.2) is 0 Å². The number of nitrogens with one attached hydrogen (secondary N) is 1. The number of hydrogen-bond donors (Lipinski definition) is 1. The molecule has 0 aliphatic carbocycles. The van der Waals surface area contributed by atoms with Gasteiger partial charge in [0, 0.05) is 25.8 Å². The molecule has 1 aromatic rings. The molecule has 1 aromatic heterocycles. The minimum absolute atomic E-state index is 0.385. The highest BCUT2D eigenvalue weighted by Gasteiger charge is 2.14. The lowest BCUT2D eigenvalue weighted by molar-refractivity contribution is 0.325. The van der Waals surface area contributed by atoms with Gasteiger partial charge in [0.25, 0.3) is 0 Å². The highest BCUT2D eigenvalue weighted by molar-refractivity contribution is 5.00. The van der Waals surface area contributed by atoms with E-state index in [2.05, 4.69) is 48.9 Å². The number of aryl methyl sites for hydroxylation is 1. The normalized spacial score (nSPS) is 12.0. The molecule has 1 N–H and O–H groups in total. The van der Waals surface area contributed by atoms with E-state index in [1.54, 1.807) is 0 Å². The van der Waals surface area contributed by atoms with Crippen LogP contribution < -0.4 is 5.32 Å². The van der Waals surface area contributed by atoms with Crippen LogP contribution in [-0.2, 0) is 13.1 Å². The van der Waals surface area contributed by atoms with E-state index in [0.717, 1.165) is 26.1 Å². The average Bonchev–Trinajstić information content (AvgIpc) is 2.66. The third-order valence-corrected chi connectivity index (χ3v) is 3.11. The summed E-state index contributed by atoms with van der Waals surface area (Å²) in [6.45, 7) is 12.0. The Morgan fingerprint density at radius 1 is 1.38 bits per heavy atom. The van der Waals surface area contributed by atoms with Gasteiger partial charge in [-0.3, -0.25) is 4.68 Å². The predicted octanol–water partition coefficient (Wildman–Crippen LogP) is 2.82. The molecule has 0 atom stereocenters. The summed E-state index contributed by atoms with van der Waals surface area (Å²) in [7, 11) is 0. The zero-order valence-electron chi connectivity index (χ0n) is 11.1. The quantitative estimate of drug-likeness (QED) is 0.770. The molecule has 0 aromatic carbocycles.